The lowest BCUT2D eigenvalue weighted by atomic mass is 10.5. The molecular weight excluding hydrogens is 188 g/mol. The molecule has 0 aliphatic rings. The Hall–Kier alpha value is -1.23. The van der Waals surface area contributed by atoms with Crippen molar-refractivity contribution in [3.8, 4) is 0 Å². The summed E-state index contributed by atoms with van der Waals surface area (Å²) < 4.78 is 9.89. The standard InChI is InChI=1S/C9H16O5/c1-4-11-7-8(12-5-2)9(10)14-13-6-3/h7H,4-6H2,1-3H3. The van der Waals surface area contributed by atoms with E-state index in [1.807, 2.05) is 0 Å². The summed E-state index contributed by atoms with van der Waals surface area (Å²) in [5.41, 5.74) is 0. The van der Waals surface area contributed by atoms with Crippen molar-refractivity contribution in [2.45, 2.75) is 20.8 Å². The maximum absolute atomic E-state index is 11.2. The normalized spacial score (nSPS) is 10.9. The van der Waals surface area contributed by atoms with E-state index in [2.05, 4.69) is 9.78 Å². The van der Waals surface area contributed by atoms with Crippen LogP contribution in [0.2, 0.25) is 0 Å². The molecule has 0 N–H and O–H groups in total. The predicted molar refractivity (Wildman–Crippen MR) is 49.1 cm³/mol. The molecule has 0 rings (SSSR count). The van der Waals surface area contributed by atoms with Gasteiger partial charge in [0.05, 0.1) is 19.8 Å². The fourth-order valence-corrected chi connectivity index (χ4v) is 0.609. The Labute approximate surface area is 83.5 Å². The first-order chi connectivity index (χ1) is 6.76. The molecule has 0 radical (unpaired) electrons. The highest BCUT2D eigenvalue weighted by Crippen LogP contribution is 2.01. The molecule has 0 unspecified atom stereocenters. The molecular formula is C9H16O5. The maximum Gasteiger partial charge on any atom is 0.410 e. The Bertz CT molecular complexity index is 188. The van der Waals surface area contributed by atoms with Crippen molar-refractivity contribution in [2.24, 2.45) is 0 Å². The minimum atomic E-state index is -0.692. The molecule has 5 nitrogen and oxygen atoms in total. The van der Waals surface area contributed by atoms with E-state index < -0.39 is 5.97 Å². The molecule has 5 heteroatoms. The van der Waals surface area contributed by atoms with Gasteiger partial charge in [0, 0.05) is 0 Å². The third-order valence-electron chi connectivity index (χ3n) is 1.11. The molecule has 0 aromatic rings. The fraction of sp³-hybridized carbons (Fsp3) is 0.667. The van der Waals surface area contributed by atoms with Crippen LogP contribution in [-0.2, 0) is 24.0 Å². The summed E-state index contributed by atoms with van der Waals surface area (Å²) in [5.74, 6) is -0.690. The van der Waals surface area contributed by atoms with Gasteiger partial charge in [-0.3, -0.25) is 4.89 Å². The van der Waals surface area contributed by atoms with E-state index in [4.69, 9.17) is 9.47 Å². The molecule has 0 aliphatic carbocycles. The minimum Gasteiger partial charge on any atom is -0.497 e. The summed E-state index contributed by atoms with van der Waals surface area (Å²) in [6.07, 6.45) is 1.21. The molecule has 0 heterocycles. The average molecular weight is 204 g/mol. The second-order valence-corrected chi connectivity index (χ2v) is 2.15. The maximum atomic E-state index is 11.2. The van der Waals surface area contributed by atoms with E-state index in [1.165, 1.54) is 6.26 Å². The third-order valence-corrected chi connectivity index (χ3v) is 1.11. The molecule has 0 aromatic heterocycles. The lowest BCUT2D eigenvalue weighted by molar-refractivity contribution is -0.268. The lowest BCUT2D eigenvalue weighted by Crippen LogP contribution is -2.11. The molecule has 14 heavy (non-hydrogen) atoms. The van der Waals surface area contributed by atoms with Crippen molar-refractivity contribution in [3.05, 3.63) is 12.0 Å². The highest BCUT2D eigenvalue weighted by Gasteiger charge is 2.13. The van der Waals surface area contributed by atoms with Crippen molar-refractivity contribution in [1.29, 1.82) is 0 Å². The molecule has 0 saturated heterocycles. The Morgan fingerprint density at radius 3 is 2.36 bits per heavy atom. The highest BCUT2D eigenvalue weighted by atomic mass is 17.2. The Kier molecular flexibility index (Phi) is 7.64. The molecule has 82 valence electrons. The average Bonchev–Trinajstić information content (AvgIpc) is 2.20. The van der Waals surface area contributed by atoms with Gasteiger partial charge in [-0.1, -0.05) is 0 Å². The molecule has 0 aromatic carbocycles. The van der Waals surface area contributed by atoms with Crippen molar-refractivity contribution in [1.82, 2.24) is 0 Å². The molecule has 0 amide bonds. The predicted octanol–water partition coefficient (Wildman–Crippen LogP) is 1.40. The van der Waals surface area contributed by atoms with Crippen molar-refractivity contribution in [2.75, 3.05) is 19.8 Å². The van der Waals surface area contributed by atoms with E-state index in [1.54, 1.807) is 20.8 Å². The van der Waals surface area contributed by atoms with Gasteiger partial charge in [-0.2, -0.15) is 4.89 Å². The van der Waals surface area contributed by atoms with Crippen LogP contribution in [0.5, 0.6) is 0 Å². The molecule has 0 bridgehead atoms. The quantitative estimate of drug-likeness (QED) is 0.271. The Balaban J connectivity index is 4.10. The summed E-state index contributed by atoms with van der Waals surface area (Å²) in [6, 6.07) is 0. The fourth-order valence-electron chi connectivity index (χ4n) is 0.609. The second kappa shape index (κ2) is 8.37. The molecule has 0 fully saturated rings. The first-order valence-electron chi connectivity index (χ1n) is 4.54. The van der Waals surface area contributed by atoms with E-state index in [0.717, 1.165) is 0 Å². The molecule has 0 spiro atoms. The van der Waals surface area contributed by atoms with E-state index >= 15 is 0 Å². The van der Waals surface area contributed by atoms with Gasteiger partial charge >= 0.3 is 5.97 Å². The van der Waals surface area contributed by atoms with Gasteiger partial charge in [0.1, 0.15) is 6.26 Å². The van der Waals surface area contributed by atoms with Crippen LogP contribution >= 0.6 is 0 Å². The van der Waals surface area contributed by atoms with Crippen LogP contribution in [0.15, 0.2) is 12.0 Å². The van der Waals surface area contributed by atoms with E-state index in [0.29, 0.717) is 19.8 Å². The van der Waals surface area contributed by atoms with Gasteiger partial charge < -0.3 is 9.47 Å². The molecule has 0 atom stereocenters. The SMILES string of the molecule is CCOC=C(OCC)C(=O)OOCC. The highest BCUT2D eigenvalue weighted by molar-refractivity contribution is 5.85. The monoisotopic (exact) mass is 204 g/mol. The smallest absolute Gasteiger partial charge is 0.410 e. The number of rotatable bonds is 7. The van der Waals surface area contributed by atoms with Gasteiger partial charge in [0.15, 0.2) is 0 Å². The van der Waals surface area contributed by atoms with Crippen molar-refractivity contribution < 1.29 is 24.0 Å². The van der Waals surface area contributed by atoms with Gasteiger partial charge in [-0.15, -0.1) is 0 Å². The van der Waals surface area contributed by atoms with E-state index in [9.17, 15) is 4.79 Å². The zero-order valence-electron chi connectivity index (χ0n) is 8.74. The molecule has 0 aliphatic heterocycles. The summed E-state index contributed by atoms with van der Waals surface area (Å²) in [5, 5.41) is 0. The van der Waals surface area contributed by atoms with Crippen LogP contribution in [0.4, 0.5) is 0 Å². The largest absolute Gasteiger partial charge is 0.497 e. The van der Waals surface area contributed by atoms with Gasteiger partial charge in [-0.25, -0.2) is 4.79 Å². The third kappa shape index (κ3) is 5.42. The van der Waals surface area contributed by atoms with Crippen LogP contribution in [0.25, 0.3) is 0 Å². The Morgan fingerprint density at radius 1 is 1.14 bits per heavy atom. The molecule has 0 saturated carbocycles. The van der Waals surface area contributed by atoms with Gasteiger partial charge in [0.25, 0.3) is 0 Å². The first-order valence-corrected chi connectivity index (χ1v) is 4.54. The van der Waals surface area contributed by atoms with Crippen LogP contribution in [0.3, 0.4) is 0 Å². The number of hydrogen-bond acceptors (Lipinski definition) is 5. The zero-order valence-corrected chi connectivity index (χ0v) is 8.74. The topological polar surface area (TPSA) is 54.0 Å². The number of carbonyl (C=O) groups is 1. The number of hydrogen-bond donors (Lipinski definition) is 0. The van der Waals surface area contributed by atoms with Gasteiger partial charge in [0.2, 0.25) is 5.76 Å². The first kappa shape index (κ1) is 12.8. The number of carbonyl (C=O) groups excluding carboxylic acids is 1. The minimum absolute atomic E-state index is 0.00259. The van der Waals surface area contributed by atoms with Crippen molar-refractivity contribution >= 4 is 5.97 Å². The van der Waals surface area contributed by atoms with Crippen LogP contribution in [0, 0.1) is 0 Å². The van der Waals surface area contributed by atoms with E-state index in [-0.39, 0.29) is 5.76 Å². The summed E-state index contributed by atoms with van der Waals surface area (Å²) >= 11 is 0. The zero-order chi connectivity index (χ0) is 10.8. The van der Waals surface area contributed by atoms with Crippen molar-refractivity contribution in [3.63, 3.8) is 0 Å². The van der Waals surface area contributed by atoms with Crippen LogP contribution in [-0.4, -0.2) is 25.8 Å². The Morgan fingerprint density at radius 2 is 1.86 bits per heavy atom. The van der Waals surface area contributed by atoms with Gasteiger partial charge in [-0.05, 0) is 20.8 Å². The lowest BCUT2D eigenvalue weighted by Gasteiger charge is -2.06. The van der Waals surface area contributed by atoms with Crippen LogP contribution in [0.1, 0.15) is 20.8 Å². The van der Waals surface area contributed by atoms with Crippen LogP contribution < -0.4 is 0 Å². The second-order valence-electron chi connectivity index (χ2n) is 2.15. The summed E-state index contributed by atoms with van der Waals surface area (Å²) in [6.45, 7) is 6.37. The number of ether oxygens (including phenoxy) is 2. The summed E-state index contributed by atoms with van der Waals surface area (Å²) in [7, 11) is 0. The summed E-state index contributed by atoms with van der Waals surface area (Å²) in [4.78, 5) is 20.0.